The molecular formula is C18H21NO4S. The monoisotopic (exact) mass is 347 g/mol. The number of hydrogen-bond acceptors (Lipinski definition) is 4. The van der Waals surface area contributed by atoms with Crippen molar-refractivity contribution in [2.24, 2.45) is 0 Å². The molecule has 0 aliphatic carbocycles. The van der Waals surface area contributed by atoms with Gasteiger partial charge < -0.3 is 4.74 Å². The van der Waals surface area contributed by atoms with Crippen molar-refractivity contribution in [1.82, 2.24) is 0 Å². The van der Waals surface area contributed by atoms with Gasteiger partial charge >= 0.3 is 5.97 Å². The largest absolute Gasteiger partial charge is 0.465 e. The van der Waals surface area contributed by atoms with E-state index in [4.69, 9.17) is 0 Å². The third kappa shape index (κ3) is 3.76. The van der Waals surface area contributed by atoms with Gasteiger partial charge in [-0.3, -0.25) is 4.31 Å². The van der Waals surface area contributed by atoms with E-state index in [2.05, 4.69) is 4.74 Å². The van der Waals surface area contributed by atoms with E-state index in [1.165, 1.54) is 11.4 Å². The SMILES string of the molecule is CCCN(c1ccc(C(=O)OC)cc1)S(=O)(=O)c1ccc(C)cc1. The maximum Gasteiger partial charge on any atom is 0.337 e. The lowest BCUT2D eigenvalue weighted by Crippen LogP contribution is -2.31. The molecule has 0 saturated heterocycles. The second-order valence-electron chi connectivity index (χ2n) is 5.43. The summed E-state index contributed by atoms with van der Waals surface area (Å²) in [5.41, 5.74) is 1.90. The van der Waals surface area contributed by atoms with Crippen LogP contribution in [-0.4, -0.2) is 28.0 Å². The van der Waals surface area contributed by atoms with Crippen molar-refractivity contribution in [2.75, 3.05) is 18.0 Å². The molecule has 0 radical (unpaired) electrons. The number of aryl methyl sites for hydroxylation is 1. The second-order valence-corrected chi connectivity index (χ2v) is 7.29. The first-order chi connectivity index (χ1) is 11.4. The van der Waals surface area contributed by atoms with E-state index in [1.807, 2.05) is 13.8 Å². The number of ether oxygens (including phenoxy) is 1. The lowest BCUT2D eigenvalue weighted by molar-refractivity contribution is 0.0601. The molecule has 24 heavy (non-hydrogen) atoms. The standard InChI is InChI=1S/C18H21NO4S/c1-4-13-19(16-9-7-15(8-10-16)18(20)23-3)24(21,22)17-11-5-14(2)6-12-17/h5-12H,4,13H2,1-3H3. The highest BCUT2D eigenvalue weighted by Gasteiger charge is 2.24. The highest BCUT2D eigenvalue weighted by atomic mass is 32.2. The summed E-state index contributed by atoms with van der Waals surface area (Å²) >= 11 is 0. The average molecular weight is 347 g/mol. The third-order valence-electron chi connectivity index (χ3n) is 3.61. The first kappa shape index (κ1) is 18.0. The summed E-state index contributed by atoms with van der Waals surface area (Å²) in [6.45, 7) is 4.18. The number of rotatable bonds is 6. The zero-order valence-electron chi connectivity index (χ0n) is 14.0. The van der Waals surface area contributed by atoms with Crippen LogP contribution < -0.4 is 4.31 Å². The first-order valence-electron chi connectivity index (χ1n) is 7.68. The molecule has 0 amide bonds. The van der Waals surface area contributed by atoms with Crippen molar-refractivity contribution in [3.05, 3.63) is 59.7 Å². The van der Waals surface area contributed by atoms with Crippen LogP contribution in [0, 0.1) is 6.92 Å². The van der Waals surface area contributed by atoms with Gasteiger partial charge in [-0.15, -0.1) is 0 Å². The Hall–Kier alpha value is -2.34. The fourth-order valence-corrected chi connectivity index (χ4v) is 3.87. The minimum Gasteiger partial charge on any atom is -0.465 e. The summed E-state index contributed by atoms with van der Waals surface area (Å²) in [7, 11) is -2.35. The fraction of sp³-hybridized carbons (Fsp3) is 0.278. The van der Waals surface area contributed by atoms with Crippen LogP contribution in [-0.2, 0) is 14.8 Å². The summed E-state index contributed by atoms with van der Waals surface area (Å²) in [5.74, 6) is -0.454. The number of anilines is 1. The molecule has 0 saturated carbocycles. The summed E-state index contributed by atoms with van der Waals surface area (Å²) < 4.78 is 31.9. The molecule has 0 bridgehead atoms. The van der Waals surface area contributed by atoms with E-state index in [1.54, 1.807) is 48.5 Å². The van der Waals surface area contributed by atoms with Crippen molar-refractivity contribution >= 4 is 21.7 Å². The molecular weight excluding hydrogens is 326 g/mol. The van der Waals surface area contributed by atoms with E-state index in [0.717, 1.165) is 5.56 Å². The van der Waals surface area contributed by atoms with Crippen molar-refractivity contribution in [2.45, 2.75) is 25.2 Å². The number of nitrogens with zero attached hydrogens (tertiary/aromatic N) is 1. The van der Waals surface area contributed by atoms with Crippen LogP contribution >= 0.6 is 0 Å². The summed E-state index contributed by atoms with van der Waals surface area (Å²) in [4.78, 5) is 11.8. The van der Waals surface area contributed by atoms with Crippen LogP contribution in [0.1, 0.15) is 29.3 Å². The van der Waals surface area contributed by atoms with Crippen molar-refractivity contribution in [3.8, 4) is 0 Å². The smallest absolute Gasteiger partial charge is 0.337 e. The fourth-order valence-electron chi connectivity index (χ4n) is 2.31. The van der Waals surface area contributed by atoms with Crippen LogP contribution in [0.25, 0.3) is 0 Å². The van der Waals surface area contributed by atoms with Gasteiger partial charge in [0.15, 0.2) is 0 Å². The lowest BCUT2D eigenvalue weighted by Gasteiger charge is -2.24. The van der Waals surface area contributed by atoms with Gasteiger partial charge in [0.1, 0.15) is 0 Å². The Kier molecular flexibility index (Phi) is 5.62. The first-order valence-corrected chi connectivity index (χ1v) is 9.12. The summed E-state index contributed by atoms with van der Waals surface area (Å²) in [6.07, 6.45) is 0.670. The van der Waals surface area contributed by atoms with E-state index in [-0.39, 0.29) is 4.90 Å². The summed E-state index contributed by atoms with van der Waals surface area (Å²) in [6, 6.07) is 13.1. The molecule has 2 aromatic carbocycles. The molecule has 128 valence electrons. The Labute approximate surface area is 142 Å². The van der Waals surface area contributed by atoms with Crippen LogP contribution in [0.4, 0.5) is 5.69 Å². The maximum absolute atomic E-state index is 12.9. The number of sulfonamides is 1. The Morgan fingerprint density at radius 3 is 2.12 bits per heavy atom. The topological polar surface area (TPSA) is 63.7 Å². The van der Waals surface area contributed by atoms with Gasteiger partial charge in [-0.2, -0.15) is 0 Å². The molecule has 0 aliphatic rings. The third-order valence-corrected chi connectivity index (χ3v) is 5.45. The Balaban J connectivity index is 2.41. The molecule has 5 nitrogen and oxygen atoms in total. The molecule has 0 fully saturated rings. The zero-order chi connectivity index (χ0) is 17.7. The molecule has 0 atom stereocenters. The highest BCUT2D eigenvalue weighted by Crippen LogP contribution is 2.25. The van der Waals surface area contributed by atoms with Crippen LogP contribution in [0.2, 0.25) is 0 Å². The van der Waals surface area contributed by atoms with Crippen LogP contribution in [0.5, 0.6) is 0 Å². The van der Waals surface area contributed by atoms with Gasteiger partial charge in [-0.1, -0.05) is 24.6 Å². The minimum absolute atomic E-state index is 0.249. The molecule has 0 aliphatic heterocycles. The molecule has 2 rings (SSSR count). The predicted octanol–water partition coefficient (Wildman–Crippen LogP) is 3.39. The number of esters is 1. The Bertz CT molecular complexity index is 796. The quantitative estimate of drug-likeness (QED) is 0.752. The van der Waals surface area contributed by atoms with E-state index >= 15 is 0 Å². The van der Waals surface area contributed by atoms with Gasteiger partial charge in [-0.05, 0) is 49.7 Å². The summed E-state index contributed by atoms with van der Waals surface area (Å²) in [5, 5.41) is 0. The normalized spacial score (nSPS) is 11.1. The number of carbonyl (C=O) groups is 1. The Morgan fingerprint density at radius 2 is 1.62 bits per heavy atom. The highest BCUT2D eigenvalue weighted by molar-refractivity contribution is 7.92. The number of methoxy groups -OCH3 is 1. The van der Waals surface area contributed by atoms with Gasteiger partial charge in [-0.25, -0.2) is 13.2 Å². The zero-order valence-corrected chi connectivity index (χ0v) is 14.8. The molecule has 0 N–H and O–H groups in total. The van der Waals surface area contributed by atoms with E-state index < -0.39 is 16.0 Å². The second kappa shape index (κ2) is 7.49. The lowest BCUT2D eigenvalue weighted by atomic mass is 10.2. The van der Waals surface area contributed by atoms with Crippen LogP contribution in [0.15, 0.2) is 53.4 Å². The number of hydrogen-bond donors (Lipinski definition) is 0. The molecule has 0 aromatic heterocycles. The predicted molar refractivity (Wildman–Crippen MR) is 93.8 cm³/mol. The van der Waals surface area contributed by atoms with Gasteiger partial charge in [0.25, 0.3) is 10.0 Å². The van der Waals surface area contributed by atoms with Crippen LogP contribution in [0.3, 0.4) is 0 Å². The molecule has 0 spiro atoms. The van der Waals surface area contributed by atoms with E-state index in [9.17, 15) is 13.2 Å². The van der Waals surface area contributed by atoms with Crippen molar-refractivity contribution in [3.63, 3.8) is 0 Å². The van der Waals surface area contributed by atoms with Crippen molar-refractivity contribution < 1.29 is 17.9 Å². The number of carbonyl (C=O) groups excluding carboxylic acids is 1. The minimum atomic E-state index is -3.65. The average Bonchev–Trinajstić information content (AvgIpc) is 2.59. The molecule has 0 unspecified atom stereocenters. The molecule has 2 aromatic rings. The molecule has 0 heterocycles. The van der Waals surface area contributed by atoms with Gasteiger partial charge in [0.05, 0.1) is 23.3 Å². The van der Waals surface area contributed by atoms with Gasteiger partial charge in [0, 0.05) is 6.54 Å². The van der Waals surface area contributed by atoms with Crippen molar-refractivity contribution in [1.29, 1.82) is 0 Å². The Morgan fingerprint density at radius 1 is 1.04 bits per heavy atom. The molecule has 6 heteroatoms. The van der Waals surface area contributed by atoms with E-state index in [0.29, 0.717) is 24.2 Å². The number of benzene rings is 2. The van der Waals surface area contributed by atoms with Gasteiger partial charge in [0.2, 0.25) is 0 Å². The maximum atomic E-state index is 12.9.